The Morgan fingerprint density at radius 1 is 1.08 bits per heavy atom. The van der Waals surface area contributed by atoms with E-state index in [1.807, 2.05) is 13.8 Å². The molecule has 1 fully saturated rings. The van der Waals surface area contributed by atoms with Gasteiger partial charge in [-0.2, -0.15) is 0 Å². The van der Waals surface area contributed by atoms with Gasteiger partial charge in [-0.3, -0.25) is 9.52 Å². The largest absolute Gasteiger partial charge is 0.573 e. The molecule has 12 heteroatoms. The zero-order chi connectivity index (χ0) is 28.5. The summed E-state index contributed by atoms with van der Waals surface area (Å²) in [6.45, 7) is 8.02. The lowest BCUT2D eigenvalue weighted by molar-refractivity contribution is -0.274. The Bertz CT molecular complexity index is 1500. The number of hydrogen-bond acceptors (Lipinski definition) is 6. The lowest BCUT2D eigenvalue weighted by atomic mass is 9.92. The van der Waals surface area contributed by atoms with Crippen molar-refractivity contribution in [2.24, 2.45) is 0 Å². The average molecular weight is 601 g/mol. The number of anilines is 2. The second-order valence-corrected chi connectivity index (χ2v) is 12.5. The molecule has 2 aromatic carbocycles. The van der Waals surface area contributed by atoms with Crippen molar-refractivity contribution in [2.45, 2.75) is 57.7 Å². The predicted molar refractivity (Wildman–Crippen MR) is 148 cm³/mol. The molecule has 0 bridgehead atoms. The minimum atomic E-state index is -4.95. The first-order valence-corrected chi connectivity index (χ1v) is 15.0. The molecule has 3 aromatic rings. The van der Waals surface area contributed by atoms with Crippen molar-refractivity contribution in [3.63, 3.8) is 0 Å². The van der Waals surface area contributed by atoms with Gasteiger partial charge in [0.2, 0.25) is 0 Å². The molecule has 2 heterocycles. The molecule has 6 nitrogen and oxygen atoms in total. The molecule has 4 rings (SSSR count). The van der Waals surface area contributed by atoms with E-state index in [2.05, 4.69) is 27.3 Å². The predicted octanol–water partition coefficient (Wildman–Crippen LogP) is 7.44. The fourth-order valence-corrected chi connectivity index (χ4v) is 7.50. The summed E-state index contributed by atoms with van der Waals surface area (Å²) in [6, 6.07) is 6.10. The second kappa shape index (κ2) is 11.4. The van der Waals surface area contributed by atoms with E-state index >= 15 is 0 Å². The molecule has 39 heavy (non-hydrogen) atoms. The molecule has 0 aliphatic carbocycles. The maximum Gasteiger partial charge on any atom is 0.573 e. The van der Waals surface area contributed by atoms with Crippen LogP contribution in [0.1, 0.15) is 51.2 Å². The number of piperidine rings is 1. The quantitative estimate of drug-likeness (QED) is 0.272. The van der Waals surface area contributed by atoms with Gasteiger partial charge in [0.1, 0.15) is 10.6 Å². The van der Waals surface area contributed by atoms with Gasteiger partial charge in [0.05, 0.1) is 15.6 Å². The molecule has 1 aliphatic rings. The Hall–Kier alpha value is -2.76. The minimum absolute atomic E-state index is 0.0790. The summed E-state index contributed by atoms with van der Waals surface area (Å²) >= 11 is 7.09. The van der Waals surface area contributed by atoms with Gasteiger partial charge >= 0.3 is 6.36 Å². The van der Waals surface area contributed by atoms with Crippen molar-refractivity contribution in [1.82, 2.24) is 0 Å². The number of thiophene rings is 1. The first kappa shape index (κ1) is 29.2. The van der Waals surface area contributed by atoms with Gasteiger partial charge in [0.15, 0.2) is 5.78 Å². The molecular formula is C27H28ClF3N2O4S2. The van der Waals surface area contributed by atoms with Crippen molar-refractivity contribution in [3.8, 4) is 5.75 Å². The van der Waals surface area contributed by atoms with Crippen LogP contribution in [0.2, 0.25) is 5.02 Å². The third kappa shape index (κ3) is 6.70. The fraction of sp³-hybridized carbons (Fsp3) is 0.370. The molecule has 0 saturated carbocycles. The van der Waals surface area contributed by atoms with E-state index < -0.39 is 32.1 Å². The molecular weight excluding hydrogens is 573 g/mol. The first-order valence-electron chi connectivity index (χ1n) is 12.3. The van der Waals surface area contributed by atoms with Gasteiger partial charge in [-0.05, 0) is 85.9 Å². The fourth-order valence-electron chi connectivity index (χ4n) is 5.03. The Morgan fingerprint density at radius 2 is 1.77 bits per heavy atom. The number of nitrogens with zero attached hydrogens (tertiary/aromatic N) is 1. The zero-order valence-corrected chi connectivity index (χ0v) is 24.0. The number of carbonyl (C=O) groups excluding carboxylic acids is 1. The Labute approximate surface area is 234 Å². The van der Waals surface area contributed by atoms with E-state index in [1.165, 1.54) is 12.5 Å². The van der Waals surface area contributed by atoms with Gasteiger partial charge in [0, 0.05) is 31.3 Å². The Balaban J connectivity index is 1.58. The number of ketones is 1. The van der Waals surface area contributed by atoms with Crippen LogP contribution < -0.4 is 14.4 Å². The lowest BCUT2D eigenvalue weighted by Crippen LogP contribution is -2.31. The smallest absolute Gasteiger partial charge is 0.406 e. The number of ether oxygens (including phenoxy) is 1. The number of carbonyl (C=O) groups is 1. The van der Waals surface area contributed by atoms with E-state index in [9.17, 15) is 26.4 Å². The number of rotatable bonds is 8. The third-order valence-corrected chi connectivity index (χ3v) is 9.49. The molecule has 0 radical (unpaired) electrons. The van der Waals surface area contributed by atoms with Crippen LogP contribution in [-0.2, 0) is 16.4 Å². The number of aryl methyl sites for hydroxylation is 2. The normalized spacial score (nSPS) is 14.4. The summed E-state index contributed by atoms with van der Waals surface area (Å²) in [4.78, 5) is 15.6. The van der Waals surface area contributed by atoms with Gasteiger partial charge < -0.3 is 9.64 Å². The SMILES string of the molecule is Cc1cc(C)c(N2CCCCC2)c(C)c1CC(=O)c1sccc1NS(=O)(=O)c1ccc(OC(F)(F)F)cc1Cl. The molecule has 1 aliphatic heterocycles. The van der Waals surface area contributed by atoms with Crippen molar-refractivity contribution in [1.29, 1.82) is 0 Å². The first-order chi connectivity index (χ1) is 18.3. The maximum atomic E-state index is 13.5. The third-order valence-electron chi connectivity index (χ3n) is 6.69. The Kier molecular flexibility index (Phi) is 8.53. The lowest BCUT2D eigenvalue weighted by Gasteiger charge is -2.33. The zero-order valence-electron chi connectivity index (χ0n) is 21.6. The van der Waals surface area contributed by atoms with E-state index in [0.29, 0.717) is 0 Å². The van der Waals surface area contributed by atoms with Crippen molar-refractivity contribution >= 4 is 50.1 Å². The number of halogens is 4. The highest BCUT2D eigenvalue weighted by molar-refractivity contribution is 7.92. The highest BCUT2D eigenvalue weighted by Crippen LogP contribution is 2.35. The summed E-state index contributed by atoms with van der Waals surface area (Å²) in [5.41, 5.74) is 5.35. The van der Waals surface area contributed by atoms with Crippen LogP contribution in [0.15, 0.2) is 40.6 Å². The highest BCUT2D eigenvalue weighted by Gasteiger charge is 2.32. The van der Waals surface area contributed by atoms with Crippen LogP contribution in [0.5, 0.6) is 5.75 Å². The summed E-state index contributed by atoms with van der Waals surface area (Å²) in [7, 11) is -4.32. The molecule has 0 amide bonds. The van der Waals surface area contributed by atoms with Crippen molar-refractivity contribution in [2.75, 3.05) is 22.7 Å². The molecule has 1 N–H and O–H groups in total. The van der Waals surface area contributed by atoms with Crippen molar-refractivity contribution in [3.05, 3.63) is 67.9 Å². The van der Waals surface area contributed by atoms with Crippen LogP contribution in [0.4, 0.5) is 24.5 Å². The second-order valence-electron chi connectivity index (χ2n) is 9.52. The summed E-state index contributed by atoms with van der Waals surface area (Å²) in [5.74, 6) is -0.895. The highest BCUT2D eigenvalue weighted by atomic mass is 35.5. The molecule has 0 spiro atoms. The van der Waals surface area contributed by atoms with Crippen LogP contribution in [0.25, 0.3) is 0 Å². The standard InChI is InChI=1S/C27H28ClF3N2O4S2/c1-16-13-17(2)25(33-10-5-4-6-11-33)18(3)20(16)15-23(34)26-22(9-12-38-26)32-39(35,36)24-8-7-19(14-21(24)28)37-27(29,30)31/h7-9,12-14,32H,4-6,10-11,15H2,1-3H3. The Morgan fingerprint density at radius 3 is 2.41 bits per heavy atom. The molecule has 1 saturated heterocycles. The van der Waals surface area contributed by atoms with Crippen LogP contribution in [0, 0.1) is 20.8 Å². The number of Topliss-reactive ketones (excluding diaryl/α,β-unsaturated/α-hetero) is 1. The summed E-state index contributed by atoms with van der Waals surface area (Å²) in [6.07, 6.45) is -1.39. The topological polar surface area (TPSA) is 75.7 Å². The number of hydrogen-bond donors (Lipinski definition) is 1. The van der Waals surface area contributed by atoms with E-state index in [-0.39, 0.29) is 22.8 Å². The summed E-state index contributed by atoms with van der Waals surface area (Å²) < 4.78 is 69.7. The maximum absolute atomic E-state index is 13.5. The van der Waals surface area contributed by atoms with Gasteiger partial charge in [-0.1, -0.05) is 17.7 Å². The molecule has 210 valence electrons. The number of benzene rings is 2. The monoisotopic (exact) mass is 600 g/mol. The number of nitrogens with one attached hydrogen (secondary N) is 1. The van der Waals surface area contributed by atoms with Crippen LogP contribution in [0.3, 0.4) is 0 Å². The minimum Gasteiger partial charge on any atom is -0.406 e. The van der Waals surface area contributed by atoms with E-state index in [1.54, 1.807) is 5.38 Å². The van der Waals surface area contributed by atoms with Crippen LogP contribution >= 0.6 is 22.9 Å². The number of sulfonamides is 1. The molecule has 0 atom stereocenters. The molecule has 0 unspecified atom stereocenters. The van der Waals surface area contributed by atoms with Gasteiger partial charge in [0.25, 0.3) is 10.0 Å². The van der Waals surface area contributed by atoms with Crippen LogP contribution in [-0.4, -0.2) is 33.7 Å². The van der Waals surface area contributed by atoms with Gasteiger partial charge in [-0.15, -0.1) is 24.5 Å². The average Bonchev–Trinajstić information content (AvgIpc) is 3.28. The van der Waals surface area contributed by atoms with E-state index in [0.717, 1.165) is 83.4 Å². The summed E-state index contributed by atoms with van der Waals surface area (Å²) in [5, 5.41) is 1.14. The van der Waals surface area contributed by atoms with Gasteiger partial charge in [-0.25, -0.2) is 8.42 Å². The van der Waals surface area contributed by atoms with Crippen molar-refractivity contribution < 1.29 is 31.1 Å². The number of alkyl halides is 3. The van der Waals surface area contributed by atoms with E-state index in [4.69, 9.17) is 11.6 Å². The molecule has 1 aromatic heterocycles.